The quantitative estimate of drug-likeness (QED) is 0.771. The number of benzene rings is 1. The topological polar surface area (TPSA) is 43.2 Å². The average Bonchev–Trinajstić information content (AvgIpc) is 2.89. The molecule has 1 aromatic carbocycles. The first-order valence-corrected chi connectivity index (χ1v) is 8.75. The Kier molecular flexibility index (Phi) is 5.53. The van der Waals surface area contributed by atoms with Crippen molar-refractivity contribution < 1.29 is 9.13 Å². The van der Waals surface area contributed by atoms with Gasteiger partial charge in [0.05, 0.1) is 19.8 Å². The fraction of sp³-hybridized carbons (Fsp3) is 0.467. The first-order valence-electron chi connectivity index (χ1n) is 7.39. The number of ether oxygens (including phenoxy) is 1. The Morgan fingerprint density at radius 2 is 2.09 bits per heavy atom. The van der Waals surface area contributed by atoms with Gasteiger partial charge >= 0.3 is 0 Å². The molecule has 0 bridgehead atoms. The molecule has 0 aliphatic carbocycles. The van der Waals surface area contributed by atoms with Crippen molar-refractivity contribution in [3.63, 3.8) is 0 Å². The van der Waals surface area contributed by atoms with Gasteiger partial charge in [-0.25, -0.2) is 4.39 Å². The highest BCUT2D eigenvalue weighted by atomic mass is 35.5. The number of halogens is 2. The summed E-state index contributed by atoms with van der Waals surface area (Å²) in [6.07, 6.45) is 0. The lowest BCUT2D eigenvalue weighted by Gasteiger charge is -2.25. The maximum atomic E-state index is 13.8. The van der Waals surface area contributed by atoms with E-state index >= 15 is 0 Å². The highest BCUT2D eigenvalue weighted by molar-refractivity contribution is 7.98. The van der Waals surface area contributed by atoms with Crippen molar-refractivity contribution in [2.45, 2.75) is 17.5 Å². The Bertz CT molecular complexity index is 655. The molecule has 1 aliphatic rings. The zero-order valence-corrected chi connectivity index (χ0v) is 14.4. The van der Waals surface area contributed by atoms with Crippen LogP contribution in [0.2, 0.25) is 5.02 Å². The Hall–Kier alpha value is -1.15. The number of morpholine rings is 1. The predicted octanol–water partition coefficient (Wildman–Crippen LogP) is 2.73. The van der Waals surface area contributed by atoms with Crippen LogP contribution in [0.25, 0.3) is 0 Å². The summed E-state index contributed by atoms with van der Waals surface area (Å²) in [5.41, 5.74) is 0.497. The second-order valence-corrected chi connectivity index (χ2v) is 6.68. The molecule has 8 heteroatoms. The monoisotopic (exact) mass is 356 g/mol. The molecule has 1 saturated heterocycles. The summed E-state index contributed by atoms with van der Waals surface area (Å²) in [5, 5.41) is 9.65. The molecule has 2 aromatic rings. The Balaban J connectivity index is 1.65. The Morgan fingerprint density at radius 1 is 1.30 bits per heavy atom. The van der Waals surface area contributed by atoms with Gasteiger partial charge in [-0.2, -0.15) is 0 Å². The molecule has 23 heavy (non-hydrogen) atoms. The van der Waals surface area contributed by atoms with Crippen LogP contribution in [0.3, 0.4) is 0 Å². The average molecular weight is 357 g/mol. The molecule has 0 saturated carbocycles. The molecule has 3 rings (SSSR count). The fourth-order valence-electron chi connectivity index (χ4n) is 2.37. The van der Waals surface area contributed by atoms with E-state index in [1.807, 2.05) is 11.6 Å². The lowest BCUT2D eigenvalue weighted by atomic mass is 10.2. The van der Waals surface area contributed by atoms with Gasteiger partial charge in [-0.05, 0) is 12.1 Å². The highest BCUT2D eigenvalue weighted by Gasteiger charge is 2.16. The Labute approximate surface area is 143 Å². The summed E-state index contributed by atoms with van der Waals surface area (Å²) in [6, 6.07) is 4.72. The number of aromatic nitrogens is 3. The van der Waals surface area contributed by atoms with Crippen LogP contribution in [0.1, 0.15) is 11.4 Å². The van der Waals surface area contributed by atoms with Crippen molar-refractivity contribution in [3.05, 3.63) is 40.4 Å². The molecule has 0 spiro atoms. The number of hydrogen-bond acceptors (Lipinski definition) is 5. The second-order valence-electron chi connectivity index (χ2n) is 5.34. The summed E-state index contributed by atoms with van der Waals surface area (Å²) in [4.78, 5) is 2.29. The number of rotatable bonds is 5. The van der Waals surface area contributed by atoms with E-state index < -0.39 is 0 Å². The lowest BCUT2D eigenvalue weighted by Crippen LogP contribution is -2.36. The first kappa shape index (κ1) is 16.7. The number of thioether (sulfide) groups is 1. The van der Waals surface area contributed by atoms with E-state index in [0.717, 1.165) is 43.8 Å². The largest absolute Gasteiger partial charge is 0.379 e. The molecule has 0 atom stereocenters. The standard InChI is InChI=1S/C15H18ClFN4OS/c1-20-14(9-21-5-7-22-8-6-21)18-19-15(20)23-10-11-12(16)3-2-4-13(11)17/h2-4H,5-10H2,1H3. The smallest absolute Gasteiger partial charge is 0.191 e. The summed E-state index contributed by atoms with van der Waals surface area (Å²) in [7, 11) is 1.93. The van der Waals surface area contributed by atoms with Crippen molar-refractivity contribution >= 4 is 23.4 Å². The lowest BCUT2D eigenvalue weighted by molar-refractivity contribution is 0.0326. The molecule has 1 fully saturated rings. The van der Waals surface area contributed by atoms with Crippen molar-refractivity contribution in [1.82, 2.24) is 19.7 Å². The number of nitrogens with zero attached hydrogens (tertiary/aromatic N) is 4. The van der Waals surface area contributed by atoms with Gasteiger partial charge in [0, 0.05) is 36.5 Å². The maximum Gasteiger partial charge on any atom is 0.191 e. The van der Waals surface area contributed by atoms with E-state index in [-0.39, 0.29) is 5.82 Å². The minimum absolute atomic E-state index is 0.291. The van der Waals surface area contributed by atoms with Crippen molar-refractivity contribution in [2.24, 2.45) is 7.05 Å². The summed E-state index contributed by atoms with van der Waals surface area (Å²) in [6.45, 7) is 4.06. The molecule has 124 valence electrons. The minimum atomic E-state index is -0.291. The van der Waals surface area contributed by atoms with Crippen LogP contribution < -0.4 is 0 Å². The molecule has 5 nitrogen and oxygen atoms in total. The molecule has 1 aliphatic heterocycles. The van der Waals surface area contributed by atoms with Gasteiger partial charge in [-0.1, -0.05) is 29.4 Å². The molecule has 1 aromatic heterocycles. The van der Waals surface area contributed by atoms with E-state index in [1.165, 1.54) is 17.8 Å². The van der Waals surface area contributed by atoms with Crippen LogP contribution >= 0.6 is 23.4 Å². The minimum Gasteiger partial charge on any atom is -0.379 e. The molecular weight excluding hydrogens is 339 g/mol. The zero-order valence-electron chi connectivity index (χ0n) is 12.8. The Morgan fingerprint density at radius 3 is 2.83 bits per heavy atom. The van der Waals surface area contributed by atoms with E-state index in [2.05, 4.69) is 15.1 Å². The molecule has 0 N–H and O–H groups in total. The van der Waals surface area contributed by atoms with Crippen molar-refractivity contribution in [1.29, 1.82) is 0 Å². The zero-order chi connectivity index (χ0) is 16.2. The maximum absolute atomic E-state index is 13.8. The molecular formula is C15H18ClFN4OS. The highest BCUT2D eigenvalue weighted by Crippen LogP contribution is 2.27. The third-order valence-corrected chi connectivity index (χ3v) is 5.20. The van der Waals surface area contributed by atoms with Gasteiger partial charge in [0.25, 0.3) is 0 Å². The third kappa shape index (κ3) is 4.03. The number of hydrogen-bond donors (Lipinski definition) is 0. The van der Waals surface area contributed by atoms with E-state index in [1.54, 1.807) is 12.1 Å². The molecule has 0 amide bonds. The van der Waals surface area contributed by atoms with Crippen LogP contribution in [-0.4, -0.2) is 46.0 Å². The van der Waals surface area contributed by atoms with Crippen LogP contribution in [0.15, 0.2) is 23.4 Å². The third-order valence-electron chi connectivity index (χ3n) is 3.80. The fourth-order valence-corrected chi connectivity index (χ4v) is 3.65. The van der Waals surface area contributed by atoms with Crippen LogP contribution in [0.5, 0.6) is 0 Å². The molecule has 0 radical (unpaired) electrons. The molecule has 2 heterocycles. The van der Waals surface area contributed by atoms with Crippen molar-refractivity contribution in [2.75, 3.05) is 26.3 Å². The SMILES string of the molecule is Cn1c(CN2CCOCC2)nnc1SCc1c(F)cccc1Cl. The van der Waals surface area contributed by atoms with Crippen molar-refractivity contribution in [3.8, 4) is 0 Å². The van der Waals surface area contributed by atoms with Gasteiger partial charge in [0.2, 0.25) is 0 Å². The van der Waals surface area contributed by atoms with Crippen LogP contribution in [-0.2, 0) is 24.1 Å². The van der Waals surface area contributed by atoms with Gasteiger partial charge in [0.15, 0.2) is 5.16 Å². The summed E-state index contributed by atoms with van der Waals surface area (Å²) in [5.74, 6) is 1.03. The normalized spacial score (nSPS) is 16.0. The summed E-state index contributed by atoms with van der Waals surface area (Å²) < 4.78 is 21.1. The second kappa shape index (κ2) is 7.61. The van der Waals surface area contributed by atoms with E-state index in [4.69, 9.17) is 16.3 Å². The van der Waals surface area contributed by atoms with E-state index in [0.29, 0.717) is 16.3 Å². The van der Waals surface area contributed by atoms with E-state index in [9.17, 15) is 4.39 Å². The van der Waals surface area contributed by atoms with Crippen LogP contribution in [0.4, 0.5) is 4.39 Å². The van der Waals surface area contributed by atoms with Gasteiger partial charge < -0.3 is 9.30 Å². The summed E-state index contributed by atoms with van der Waals surface area (Å²) >= 11 is 7.49. The van der Waals surface area contributed by atoms with Gasteiger partial charge in [-0.3, -0.25) is 4.90 Å². The van der Waals surface area contributed by atoms with Crippen LogP contribution in [0, 0.1) is 5.82 Å². The predicted molar refractivity (Wildman–Crippen MR) is 88.1 cm³/mol. The molecule has 0 unspecified atom stereocenters. The first-order chi connectivity index (χ1) is 11.1. The van der Waals surface area contributed by atoms with Gasteiger partial charge in [0.1, 0.15) is 11.6 Å². The van der Waals surface area contributed by atoms with Gasteiger partial charge in [-0.15, -0.1) is 10.2 Å².